The van der Waals surface area contributed by atoms with Gasteiger partial charge in [0.2, 0.25) is 0 Å². The molecular weight excluding hydrogens is 781 g/mol. The molecule has 0 aliphatic carbocycles. The third-order valence-electron chi connectivity index (χ3n) is 12.4. The Labute approximate surface area is 359 Å². The third kappa shape index (κ3) is 13.0. The number of hydrogen-bond donors (Lipinski definition) is 2. The highest BCUT2D eigenvalue weighted by atomic mass is 16.6. The van der Waals surface area contributed by atoms with Crippen LogP contribution in [-0.2, 0) is 31.9 Å². The van der Waals surface area contributed by atoms with E-state index in [4.69, 9.17) is 13.9 Å². The van der Waals surface area contributed by atoms with Gasteiger partial charge >= 0.3 is 23.8 Å². The van der Waals surface area contributed by atoms with Gasteiger partial charge in [0.25, 0.3) is 5.91 Å². The minimum absolute atomic E-state index is 0.00633. The number of likely N-dealkylation sites (N-methyl/N-ethyl adjacent to an activating group) is 1. The number of anilines is 1. The zero-order valence-corrected chi connectivity index (χ0v) is 36.8. The van der Waals surface area contributed by atoms with Crippen LogP contribution in [0.3, 0.4) is 0 Å². The highest BCUT2D eigenvalue weighted by Crippen LogP contribution is 2.26. The van der Waals surface area contributed by atoms with E-state index in [0.717, 1.165) is 80.4 Å². The van der Waals surface area contributed by atoms with Crippen molar-refractivity contribution in [3.8, 4) is 0 Å². The van der Waals surface area contributed by atoms with Gasteiger partial charge in [0.15, 0.2) is 11.7 Å². The molecule has 1 atom stereocenters. The Morgan fingerprint density at radius 2 is 1.64 bits per heavy atom. The number of rotatable bonds is 12. The van der Waals surface area contributed by atoms with Gasteiger partial charge in [-0.15, -0.1) is 0 Å². The number of aromatic amines is 1. The third-order valence-corrected chi connectivity index (χ3v) is 12.4. The van der Waals surface area contributed by atoms with Crippen molar-refractivity contribution in [2.24, 2.45) is 5.92 Å². The number of ether oxygens (including phenoxy) is 2. The highest BCUT2D eigenvalue weighted by Gasteiger charge is 2.35. The molecule has 61 heavy (non-hydrogen) atoms. The summed E-state index contributed by atoms with van der Waals surface area (Å²) in [6.45, 7) is 12.9. The molecule has 0 bridgehead atoms. The molecule has 16 heteroatoms. The maximum absolute atomic E-state index is 13.7. The summed E-state index contributed by atoms with van der Waals surface area (Å²) in [5, 5.41) is 3.03. The molecule has 4 aliphatic rings. The number of amides is 4. The molecule has 5 heterocycles. The molecule has 16 nitrogen and oxygen atoms in total. The van der Waals surface area contributed by atoms with Crippen LogP contribution in [0.2, 0.25) is 0 Å². The molecular formula is C45H66N8O8. The first-order valence-electron chi connectivity index (χ1n) is 22.1. The van der Waals surface area contributed by atoms with E-state index in [1.807, 2.05) is 63.3 Å². The molecule has 0 spiro atoms. The van der Waals surface area contributed by atoms with Gasteiger partial charge in [0, 0.05) is 77.1 Å². The number of fused-ring (bicyclic) bond motifs is 2. The monoisotopic (exact) mass is 847 g/mol. The molecule has 0 saturated carbocycles. The summed E-state index contributed by atoms with van der Waals surface area (Å²) in [6, 6.07) is 11.3. The minimum atomic E-state index is -1.02. The molecule has 4 aliphatic heterocycles. The summed E-state index contributed by atoms with van der Waals surface area (Å²) in [5.41, 5.74) is 4.51. The van der Waals surface area contributed by atoms with Gasteiger partial charge in [-0.2, -0.15) is 0 Å². The van der Waals surface area contributed by atoms with Crippen LogP contribution < -0.4 is 11.1 Å². The fourth-order valence-corrected chi connectivity index (χ4v) is 8.51. The standard InChI is InChI=1S/C31H38N6O6.C14H28N2O2/c1-20-17-21(18-25-27(20)33-30(40)42-25)19-26(28(38)35-15-13-34(2)14-16-35)43-31(41)36-10-8-23(9-11-36)37-12-7-22-5-3-4-6-24(22)32-29(37)39;1-13-5-9-16(10-6-13)11-7-14(17)18-12-4-8-15(2)3/h3-6,17-18,23,26H,7-16,19H2,1-2H3,(H,32,39)(H,33,40);13H,4-12H2,1-3H3/t26-;/m1./s1. The van der Waals surface area contributed by atoms with Gasteiger partial charge < -0.3 is 48.6 Å². The predicted molar refractivity (Wildman–Crippen MR) is 234 cm³/mol. The number of aromatic nitrogens is 1. The van der Waals surface area contributed by atoms with Gasteiger partial charge in [-0.1, -0.05) is 31.2 Å². The number of carbonyl (C=O) groups is 4. The molecule has 7 rings (SSSR count). The molecule has 334 valence electrons. The number of urea groups is 1. The van der Waals surface area contributed by atoms with Crippen LogP contribution in [0.25, 0.3) is 11.1 Å². The van der Waals surface area contributed by atoms with E-state index in [9.17, 15) is 24.0 Å². The first kappa shape index (κ1) is 45.6. The number of aryl methyl sites for hydroxylation is 1. The SMILES string of the molecule is CC1CCN(CCC(=O)OCCCN(C)C)CC1.Cc1cc(C[C@@H](OC(=O)N2CCC(N3CCc4ccccc4NC3=O)CC2)C(=O)N2CCN(C)CC2)cc2oc(=O)[nH]c12. The van der Waals surface area contributed by atoms with Crippen LogP contribution in [0.15, 0.2) is 45.6 Å². The fraction of sp³-hybridized carbons (Fsp3) is 0.622. The van der Waals surface area contributed by atoms with E-state index < -0.39 is 18.0 Å². The molecule has 2 N–H and O–H groups in total. The van der Waals surface area contributed by atoms with E-state index in [1.165, 1.54) is 12.8 Å². The average Bonchev–Trinajstić information content (AvgIpc) is 3.54. The molecule has 4 amide bonds. The van der Waals surface area contributed by atoms with Crippen molar-refractivity contribution in [1.29, 1.82) is 0 Å². The number of nitrogens with zero attached hydrogens (tertiary/aromatic N) is 6. The Morgan fingerprint density at radius 1 is 0.918 bits per heavy atom. The quantitative estimate of drug-likeness (QED) is 0.196. The Bertz CT molecular complexity index is 1990. The fourth-order valence-electron chi connectivity index (χ4n) is 8.51. The number of nitrogens with one attached hydrogen (secondary N) is 2. The number of hydrogen-bond acceptors (Lipinski definition) is 11. The number of piperazine rings is 1. The smallest absolute Gasteiger partial charge is 0.417 e. The normalized spacial score (nSPS) is 18.9. The second-order valence-corrected chi connectivity index (χ2v) is 17.4. The van der Waals surface area contributed by atoms with Gasteiger partial charge in [-0.25, -0.2) is 14.4 Å². The zero-order valence-electron chi connectivity index (χ0n) is 36.8. The van der Waals surface area contributed by atoms with E-state index in [0.29, 0.717) is 69.7 Å². The lowest BCUT2D eigenvalue weighted by Gasteiger charge is -2.38. The predicted octanol–water partition coefficient (Wildman–Crippen LogP) is 4.41. The van der Waals surface area contributed by atoms with Gasteiger partial charge in [0.1, 0.15) is 0 Å². The van der Waals surface area contributed by atoms with E-state index in [2.05, 4.69) is 31.9 Å². The molecule has 3 saturated heterocycles. The summed E-state index contributed by atoms with van der Waals surface area (Å²) in [5.74, 6) is 0.0226. The second kappa shape index (κ2) is 21.7. The topological polar surface area (TPSA) is 164 Å². The number of para-hydroxylation sites is 1. The number of benzene rings is 2. The largest absolute Gasteiger partial charge is 0.466 e. The average molecular weight is 847 g/mol. The van der Waals surface area contributed by atoms with Crippen molar-refractivity contribution in [3.05, 3.63) is 63.6 Å². The van der Waals surface area contributed by atoms with E-state index in [-0.39, 0.29) is 30.4 Å². The van der Waals surface area contributed by atoms with Crippen molar-refractivity contribution in [2.45, 2.75) is 77.4 Å². The number of likely N-dealkylation sites (tertiary alicyclic amines) is 2. The maximum Gasteiger partial charge on any atom is 0.417 e. The number of H-pyrrole nitrogens is 1. The summed E-state index contributed by atoms with van der Waals surface area (Å²) in [4.78, 5) is 78.0. The van der Waals surface area contributed by atoms with Crippen molar-refractivity contribution in [2.75, 3.05) is 105 Å². The van der Waals surface area contributed by atoms with Crippen LogP contribution in [0.4, 0.5) is 15.3 Å². The lowest BCUT2D eigenvalue weighted by molar-refractivity contribution is -0.144. The van der Waals surface area contributed by atoms with Crippen LogP contribution in [0.5, 0.6) is 0 Å². The number of carbonyl (C=O) groups excluding carboxylic acids is 4. The zero-order chi connectivity index (χ0) is 43.5. The second-order valence-electron chi connectivity index (χ2n) is 17.4. The van der Waals surface area contributed by atoms with Crippen molar-refractivity contribution < 1.29 is 33.1 Å². The van der Waals surface area contributed by atoms with Crippen LogP contribution >= 0.6 is 0 Å². The Hall–Kier alpha value is -4.93. The maximum atomic E-state index is 13.7. The minimum Gasteiger partial charge on any atom is -0.466 e. The van der Waals surface area contributed by atoms with Crippen LogP contribution in [-0.4, -0.2) is 170 Å². The van der Waals surface area contributed by atoms with Crippen LogP contribution in [0.1, 0.15) is 62.1 Å². The molecule has 0 radical (unpaired) electrons. The number of piperidine rings is 2. The van der Waals surface area contributed by atoms with Crippen molar-refractivity contribution in [3.63, 3.8) is 0 Å². The van der Waals surface area contributed by atoms with E-state index in [1.54, 1.807) is 15.9 Å². The van der Waals surface area contributed by atoms with Gasteiger partial charge in [-0.05, 0) is 114 Å². The first-order valence-corrected chi connectivity index (χ1v) is 22.1. The van der Waals surface area contributed by atoms with E-state index >= 15 is 0 Å². The highest BCUT2D eigenvalue weighted by molar-refractivity contribution is 5.91. The summed E-state index contributed by atoms with van der Waals surface area (Å²) in [6.07, 6.45) is 4.59. The van der Waals surface area contributed by atoms with Crippen molar-refractivity contribution >= 4 is 40.8 Å². The molecule has 2 aromatic carbocycles. The first-order chi connectivity index (χ1) is 29.3. The van der Waals surface area contributed by atoms with Crippen molar-refractivity contribution in [1.82, 2.24) is 34.4 Å². The van der Waals surface area contributed by atoms with Crippen LogP contribution in [0, 0.1) is 12.8 Å². The Morgan fingerprint density at radius 3 is 2.36 bits per heavy atom. The van der Waals surface area contributed by atoms with Gasteiger partial charge in [-0.3, -0.25) is 14.6 Å². The molecule has 0 unspecified atom stereocenters. The Balaban J connectivity index is 0.000000291. The lowest BCUT2D eigenvalue weighted by atomic mass is 9.99. The number of oxazole rings is 1. The summed E-state index contributed by atoms with van der Waals surface area (Å²) >= 11 is 0. The molecule has 3 aromatic rings. The lowest BCUT2D eigenvalue weighted by Crippen LogP contribution is -2.53. The number of esters is 1. The molecule has 3 fully saturated rings. The molecule has 1 aromatic heterocycles. The Kier molecular flexibility index (Phi) is 16.2. The summed E-state index contributed by atoms with van der Waals surface area (Å²) < 4.78 is 16.4. The van der Waals surface area contributed by atoms with Gasteiger partial charge in [0.05, 0.1) is 18.5 Å². The summed E-state index contributed by atoms with van der Waals surface area (Å²) in [7, 11) is 6.07.